The van der Waals surface area contributed by atoms with Gasteiger partial charge in [0, 0.05) is 16.9 Å². The SMILES string of the molecule is O=C(O)C[C@H](c1ccc(Br)cc1)n1cccc1. The van der Waals surface area contributed by atoms with E-state index in [0.29, 0.717) is 0 Å². The first-order valence-electron chi connectivity index (χ1n) is 5.26. The lowest BCUT2D eigenvalue weighted by molar-refractivity contribution is -0.137. The topological polar surface area (TPSA) is 42.2 Å². The fourth-order valence-corrected chi connectivity index (χ4v) is 2.07. The van der Waals surface area contributed by atoms with Crippen molar-refractivity contribution in [2.24, 2.45) is 0 Å². The summed E-state index contributed by atoms with van der Waals surface area (Å²) < 4.78 is 2.90. The molecule has 1 N–H and O–H groups in total. The monoisotopic (exact) mass is 293 g/mol. The van der Waals surface area contributed by atoms with Gasteiger partial charge in [-0.15, -0.1) is 0 Å². The molecular weight excluding hydrogens is 282 g/mol. The van der Waals surface area contributed by atoms with Crippen molar-refractivity contribution in [2.45, 2.75) is 12.5 Å². The highest BCUT2D eigenvalue weighted by atomic mass is 79.9. The Balaban J connectivity index is 2.33. The Kier molecular flexibility index (Phi) is 3.64. The summed E-state index contributed by atoms with van der Waals surface area (Å²) in [6, 6.07) is 11.4. The largest absolute Gasteiger partial charge is 0.481 e. The molecule has 1 heterocycles. The Hall–Kier alpha value is -1.55. The molecule has 0 saturated heterocycles. The molecule has 1 aromatic carbocycles. The first-order valence-corrected chi connectivity index (χ1v) is 6.06. The molecule has 0 saturated carbocycles. The van der Waals surface area contributed by atoms with Crippen molar-refractivity contribution in [1.82, 2.24) is 4.57 Å². The third-order valence-corrected chi connectivity index (χ3v) is 3.14. The van der Waals surface area contributed by atoms with Gasteiger partial charge in [0.25, 0.3) is 0 Å². The highest BCUT2D eigenvalue weighted by Crippen LogP contribution is 2.23. The third-order valence-electron chi connectivity index (χ3n) is 2.61. The Bertz CT molecular complexity index is 491. The van der Waals surface area contributed by atoms with Gasteiger partial charge in [-0.2, -0.15) is 0 Å². The number of halogens is 1. The van der Waals surface area contributed by atoms with Crippen molar-refractivity contribution in [2.75, 3.05) is 0 Å². The van der Waals surface area contributed by atoms with Gasteiger partial charge in [-0.25, -0.2) is 0 Å². The van der Waals surface area contributed by atoms with Crippen LogP contribution >= 0.6 is 15.9 Å². The first-order chi connectivity index (χ1) is 8.16. The van der Waals surface area contributed by atoms with Crippen LogP contribution in [0.1, 0.15) is 18.0 Å². The molecule has 0 aliphatic carbocycles. The summed E-state index contributed by atoms with van der Waals surface area (Å²) >= 11 is 3.37. The van der Waals surface area contributed by atoms with Crippen molar-refractivity contribution in [3.8, 4) is 0 Å². The molecule has 17 heavy (non-hydrogen) atoms. The van der Waals surface area contributed by atoms with Crippen LogP contribution in [0.4, 0.5) is 0 Å². The van der Waals surface area contributed by atoms with Crippen LogP contribution in [0.2, 0.25) is 0 Å². The molecule has 1 aromatic heterocycles. The first kappa shape index (κ1) is 11.9. The normalized spacial score (nSPS) is 12.3. The van der Waals surface area contributed by atoms with Crippen molar-refractivity contribution in [3.63, 3.8) is 0 Å². The molecule has 1 atom stereocenters. The minimum atomic E-state index is -0.799. The van der Waals surface area contributed by atoms with Crippen LogP contribution < -0.4 is 0 Å². The number of carboxylic acids is 1. The molecule has 0 aliphatic rings. The summed E-state index contributed by atoms with van der Waals surface area (Å²) in [6.07, 6.45) is 3.85. The highest BCUT2D eigenvalue weighted by molar-refractivity contribution is 9.10. The fourth-order valence-electron chi connectivity index (χ4n) is 1.80. The van der Waals surface area contributed by atoms with Crippen molar-refractivity contribution in [1.29, 1.82) is 0 Å². The van der Waals surface area contributed by atoms with Gasteiger partial charge >= 0.3 is 5.97 Å². The maximum absolute atomic E-state index is 10.9. The smallest absolute Gasteiger partial charge is 0.305 e. The molecule has 0 bridgehead atoms. The maximum Gasteiger partial charge on any atom is 0.305 e. The molecule has 0 unspecified atom stereocenters. The molecule has 0 fully saturated rings. The predicted molar refractivity (Wildman–Crippen MR) is 69.0 cm³/mol. The Labute approximate surface area is 108 Å². The van der Waals surface area contributed by atoms with E-state index in [1.807, 2.05) is 53.4 Å². The number of carboxylic acid groups (broad SMARTS) is 1. The highest BCUT2D eigenvalue weighted by Gasteiger charge is 2.16. The summed E-state index contributed by atoms with van der Waals surface area (Å²) in [5.74, 6) is -0.799. The van der Waals surface area contributed by atoms with Gasteiger partial charge in [-0.3, -0.25) is 4.79 Å². The van der Waals surface area contributed by atoms with Gasteiger partial charge < -0.3 is 9.67 Å². The van der Waals surface area contributed by atoms with E-state index in [2.05, 4.69) is 15.9 Å². The number of rotatable bonds is 4. The zero-order valence-corrected chi connectivity index (χ0v) is 10.7. The number of nitrogens with zero attached hydrogens (tertiary/aromatic N) is 1. The second-order valence-corrected chi connectivity index (χ2v) is 4.71. The third kappa shape index (κ3) is 2.97. The van der Waals surface area contributed by atoms with E-state index < -0.39 is 5.97 Å². The maximum atomic E-state index is 10.9. The van der Waals surface area contributed by atoms with Crippen LogP contribution in [0.15, 0.2) is 53.3 Å². The summed E-state index contributed by atoms with van der Waals surface area (Å²) in [7, 11) is 0. The summed E-state index contributed by atoms with van der Waals surface area (Å²) in [5, 5.41) is 8.98. The second kappa shape index (κ2) is 5.19. The van der Waals surface area contributed by atoms with E-state index in [1.165, 1.54) is 0 Å². The summed E-state index contributed by atoms with van der Waals surface area (Å²) in [5.41, 5.74) is 0.992. The van der Waals surface area contributed by atoms with Crippen molar-refractivity contribution < 1.29 is 9.90 Å². The van der Waals surface area contributed by atoms with Crippen molar-refractivity contribution in [3.05, 3.63) is 58.8 Å². The van der Waals surface area contributed by atoms with Crippen LogP contribution in [0.25, 0.3) is 0 Å². The Morgan fingerprint density at radius 2 is 1.82 bits per heavy atom. The van der Waals surface area contributed by atoms with Crippen LogP contribution in [0.5, 0.6) is 0 Å². The number of hydrogen-bond acceptors (Lipinski definition) is 1. The molecule has 0 radical (unpaired) electrons. The van der Waals surface area contributed by atoms with Crippen LogP contribution in [-0.4, -0.2) is 15.6 Å². The van der Waals surface area contributed by atoms with E-state index in [-0.39, 0.29) is 12.5 Å². The summed E-state index contributed by atoms with van der Waals surface area (Å²) in [4.78, 5) is 10.9. The molecule has 4 heteroatoms. The minimum absolute atomic E-state index is 0.0797. The van der Waals surface area contributed by atoms with E-state index in [4.69, 9.17) is 5.11 Å². The van der Waals surface area contributed by atoms with Crippen LogP contribution in [0.3, 0.4) is 0 Å². The fraction of sp³-hybridized carbons (Fsp3) is 0.154. The standard InChI is InChI=1S/C13H12BrNO2/c14-11-5-3-10(4-6-11)12(9-13(16)17)15-7-1-2-8-15/h1-8,12H,9H2,(H,16,17)/t12-/m1/s1. The quantitative estimate of drug-likeness (QED) is 0.940. The number of hydrogen-bond donors (Lipinski definition) is 1. The Morgan fingerprint density at radius 3 is 2.35 bits per heavy atom. The summed E-state index contributed by atoms with van der Waals surface area (Å²) in [6.45, 7) is 0. The lowest BCUT2D eigenvalue weighted by Gasteiger charge is -2.17. The van der Waals surface area contributed by atoms with E-state index in [0.717, 1.165) is 10.0 Å². The zero-order chi connectivity index (χ0) is 12.3. The molecule has 2 aromatic rings. The number of carbonyl (C=O) groups is 1. The van der Waals surface area contributed by atoms with E-state index in [9.17, 15) is 4.79 Å². The predicted octanol–water partition coefficient (Wildman–Crippen LogP) is 3.31. The van der Waals surface area contributed by atoms with Crippen LogP contribution in [0, 0.1) is 0 Å². The second-order valence-electron chi connectivity index (χ2n) is 3.80. The van der Waals surface area contributed by atoms with Gasteiger partial charge in [0.1, 0.15) is 0 Å². The average molecular weight is 294 g/mol. The van der Waals surface area contributed by atoms with E-state index >= 15 is 0 Å². The lowest BCUT2D eigenvalue weighted by atomic mass is 10.0. The van der Waals surface area contributed by atoms with Crippen molar-refractivity contribution >= 4 is 21.9 Å². The number of aliphatic carboxylic acids is 1. The Morgan fingerprint density at radius 1 is 1.24 bits per heavy atom. The van der Waals surface area contributed by atoms with Gasteiger partial charge in [-0.1, -0.05) is 28.1 Å². The van der Waals surface area contributed by atoms with Gasteiger partial charge in [0.15, 0.2) is 0 Å². The molecule has 3 nitrogen and oxygen atoms in total. The van der Waals surface area contributed by atoms with E-state index in [1.54, 1.807) is 0 Å². The molecule has 88 valence electrons. The molecule has 2 rings (SSSR count). The van der Waals surface area contributed by atoms with Gasteiger partial charge in [0.05, 0.1) is 12.5 Å². The minimum Gasteiger partial charge on any atom is -0.481 e. The molecule has 0 spiro atoms. The zero-order valence-electron chi connectivity index (χ0n) is 9.08. The van der Waals surface area contributed by atoms with Crippen LogP contribution in [-0.2, 0) is 4.79 Å². The molecule has 0 aliphatic heterocycles. The molecular formula is C13H12BrNO2. The van der Waals surface area contributed by atoms with Gasteiger partial charge in [0.2, 0.25) is 0 Å². The molecule has 0 amide bonds. The lowest BCUT2D eigenvalue weighted by Crippen LogP contribution is -2.13. The number of aromatic nitrogens is 1. The average Bonchev–Trinajstić information content (AvgIpc) is 2.80. The number of benzene rings is 1. The van der Waals surface area contributed by atoms with Gasteiger partial charge in [-0.05, 0) is 29.8 Å².